The van der Waals surface area contributed by atoms with Crippen LogP contribution in [0.15, 0.2) is 54.9 Å². The van der Waals surface area contributed by atoms with Gasteiger partial charge in [-0.1, -0.05) is 12.1 Å². The molecule has 3 rings (SSSR count). The molecule has 1 amide bonds. The van der Waals surface area contributed by atoms with Gasteiger partial charge >= 0.3 is 0 Å². The molecule has 1 heterocycles. The number of nitrogens with zero attached hydrogens (tertiary/aromatic N) is 3. The average Bonchev–Trinajstić information content (AvgIpc) is 2.60. The summed E-state index contributed by atoms with van der Waals surface area (Å²) in [5.74, 6) is 0.161. The van der Waals surface area contributed by atoms with Crippen LogP contribution in [-0.4, -0.2) is 36.6 Å². The number of anilines is 2. The summed E-state index contributed by atoms with van der Waals surface area (Å²) in [4.78, 5) is 22.3. The SMILES string of the molecule is CN(C)c1ccc(NC(=O)COc2ncnc3ccccc23)cc1. The molecule has 2 aromatic carbocycles. The van der Waals surface area contributed by atoms with Crippen LogP contribution in [0.1, 0.15) is 0 Å². The standard InChI is InChI=1S/C18H18N4O2/c1-22(2)14-9-7-13(8-10-14)21-17(23)11-24-18-15-5-3-4-6-16(15)19-12-20-18/h3-10,12H,11H2,1-2H3,(H,21,23). The number of amides is 1. The Labute approximate surface area is 140 Å². The number of ether oxygens (including phenoxy) is 1. The summed E-state index contributed by atoms with van der Waals surface area (Å²) in [7, 11) is 3.93. The van der Waals surface area contributed by atoms with Crippen LogP contribution in [0, 0.1) is 0 Å². The number of nitrogens with one attached hydrogen (secondary N) is 1. The first kappa shape index (κ1) is 15.7. The van der Waals surface area contributed by atoms with Crippen molar-refractivity contribution in [3.05, 3.63) is 54.9 Å². The van der Waals surface area contributed by atoms with Gasteiger partial charge in [0, 0.05) is 25.5 Å². The zero-order valence-electron chi connectivity index (χ0n) is 13.6. The summed E-state index contributed by atoms with van der Waals surface area (Å²) >= 11 is 0. The Morgan fingerprint density at radius 2 is 1.83 bits per heavy atom. The second-order valence-corrected chi connectivity index (χ2v) is 5.47. The molecule has 0 aliphatic heterocycles. The van der Waals surface area contributed by atoms with Crippen molar-refractivity contribution < 1.29 is 9.53 Å². The Kier molecular flexibility index (Phi) is 4.56. The third kappa shape index (κ3) is 3.60. The maximum atomic E-state index is 12.1. The molecule has 122 valence electrons. The molecule has 0 bridgehead atoms. The topological polar surface area (TPSA) is 67.4 Å². The molecular weight excluding hydrogens is 304 g/mol. The Hall–Kier alpha value is -3.15. The molecule has 0 spiro atoms. The highest BCUT2D eigenvalue weighted by Gasteiger charge is 2.08. The van der Waals surface area contributed by atoms with E-state index in [4.69, 9.17) is 4.74 Å². The minimum Gasteiger partial charge on any atom is -0.467 e. The molecule has 0 saturated carbocycles. The quantitative estimate of drug-likeness (QED) is 0.782. The number of fused-ring (bicyclic) bond motifs is 1. The van der Waals surface area contributed by atoms with Gasteiger partial charge in [0.1, 0.15) is 6.33 Å². The van der Waals surface area contributed by atoms with E-state index in [1.165, 1.54) is 6.33 Å². The van der Waals surface area contributed by atoms with Crippen LogP contribution in [-0.2, 0) is 4.79 Å². The zero-order valence-corrected chi connectivity index (χ0v) is 13.6. The molecule has 24 heavy (non-hydrogen) atoms. The first-order valence-electron chi connectivity index (χ1n) is 7.53. The first-order valence-corrected chi connectivity index (χ1v) is 7.53. The summed E-state index contributed by atoms with van der Waals surface area (Å²) in [6.45, 7) is -0.115. The maximum absolute atomic E-state index is 12.1. The van der Waals surface area contributed by atoms with E-state index in [0.29, 0.717) is 5.88 Å². The summed E-state index contributed by atoms with van der Waals surface area (Å²) in [5, 5.41) is 3.58. The number of benzene rings is 2. The molecule has 0 atom stereocenters. The largest absolute Gasteiger partial charge is 0.467 e. The van der Waals surface area contributed by atoms with Crippen molar-refractivity contribution >= 4 is 28.2 Å². The van der Waals surface area contributed by atoms with E-state index >= 15 is 0 Å². The van der Waals surface area contributed by atoms with E-state index in [1.54, 1.807) is 0 Å². The molecule has 1 N–H and O–H groups in total. The predicted molar refractivity (Wildman–Crippen MR) is 94.4 cm³/mol. The van der Waals surface area contributed by atoms with Crippen molar-refractivity contribution in [3.63, 3.8) is 0 Å². The maximum Gasteiger partial charge on any atom is 0.262 e. The van der Waals surface area contributed by atoms with E-state index in [2.05, 4.69) is 15.3 Å². The molecule has 0 radical (unpaired) electrons. The van der Waals surface area contributed by atoms with E-state index in [9.17, 15) is 4.79 Å². The highest BCUT2D eigenvalue weighted by Crippen LogP contribution is 2.20. The number of hydrogen-bond acceptors (Lipinski definition) is 5. The summed E-state index contributed by atoms with van der Waals surface area (Å²) in [6, 6.07) is 15.1. The van der Waals surface area contributed by atoms with Gasteiger partial charge in [0.2, 0.25) is 5.88 Å². The molecule has 0 fully saturated rings. The zero-order chi connectivity index (χ0) is 16.9. The van der Waals surface area contributed by atoms with Crippen molar-refractivity contribution in [2.45, 2.75) is 0 Å². The van der Waals surface area contributed by atoms with Crippen LogP contribution in [0.3, 0.4) is 0 Å². The second kappa shape index (κ2) is 6.95. The number of rotatable bonds is 5. The highest BCUT2D eigenvalue weighted by atomic mass is 16.5. The van der Waals surface area contributed by atoms with Crippen molar-refractivity contribution in [1.82, 2.24) is 9.97 Å². The van der Waals surface area contributed by atoms with Crippen molar-refractivity contribution in [3.8, 4) is 5.88 Å². The van der Waals surface area contributed by atoms with Gasteiger partial charge in [0.15, 0.2) is 6.61 Å². The van der Waals surface area contributed by atoms with Gasteiger partial charge in [-0.2, -0.15) is 0 Å². The van der Waals surface area contributed by atoms with Gasteiger partial charge in [-0.15, -0.1) is 0 Å². The molecule has 3 aromatic rings. The Morgan fingerprint density at radius 1 is 1.08 bits per heavy atom. The number of carbonyl (C=O) groups is 1. The molecule has 6 heteroatoms. The lowest BCUT2D eigenvalue weighted by Gasteiger charge is -2.13. The highest BCUT2D eigenvalue weighted by molar-refractivity contribution is 5.92. The van der Waals surface area contributed by atoms with Crippen LogP contribution in [0.5, 0.6) is 5.88 Å². The predicted octanol–water partition coefficient (Wildman–Crippen LogP) is 2.71. The van der Waals surface area contributed by atoms with Gasteiger partial charge in [-0.3, -0.25) is 4.79 Å². The third-order valence-corrected chi connectivity index (χ3v) is 3.51. The lowest BCUT2D eigenvalue weighted by atomic mass is 10.2. The first-order chi connectivity index (χ1) is 11.6. The number of para-hydroxylation sites is 1. The van der Waals surface area contributed by atoms with E-state index in [-0.39, 0.29) is 12.5 Å². The molecule has 6 nitrogen and oxygen atoms in total. The van der Waals surface area contributed by atoms with Gasteiger partial charge in [-0.05, 0) is 36.4 Å². The van der Waals surface area contributed by atoms with Crippen LogP contribution in [0.2, 0.25) is 0 Å². The Morgan fingerprint density at radius 3 is 2.58 bits per heavy atom. The van der Waals surface area contributed by atoms with Gasteiger partial charge < -0.3 is 15.0 Å². The fourth-order valence-corrected chi connectivity index (χ4v) is 2.27. The van der Waals surface area contributed by atoms with Gasteiger partial charge in [-0.25, -0.2) is 9.97 Å². The molecule has 0 unspecified atom stereocenters. The Bertz CT molecular complexity index is 842. The third-order valence-electron chi connectivity index (χ3n) is 3.51. The molecule has 1 aromatic heterocycles. The second-order valence-electron chi connectivity index (χ2n) is 5.47. The molecular formula is C18H18N4O2. The summed E-state index contributed by atoms with van der Waals surface area (Å²) in [5.41, 5.74) is 2.57. The number of aromatic nitrogens is 2. The minimum absolute atomic E-state index is 0.115. The van der Waals surface area contributed by atoms with E-state index in [0.717, 1.165) is 22.3 Å². The van der Waals surface area contributed by atoms with Crippen molar-refractivity contribution in [1.29, 1.82) is 0 Å². The van der Waals surface area contributed by atoms with Crippen LogP contribution >= 0.6 is 0 Å². The van der Waals surface area contributed by atoms with Crippen LogP contribution < -0.4 is 15.0 Å². The normalized spacial score (nSPS) is 10.4. The van der Waals surface area contributed by atoms with E-state index in [1.807, 2.05) is 67.5 Å². The monoisotopic (exact) mass is 322 g/mol. The van der Waals surface area contributed by atoms with Crippen molar-refractivity contribution in [2.24, 2.45) is 0 Å². The van der Waals surface area contributed by atoms with Crippen molar-refractivity contribution in [2.75, 3.05) is 30.9 Å². The van der Waals surface area contributed by atoms with Gasteiger partial charge in [0.05, 0.1) is 10.9 Å². The smallest absolute Gasteiger partial charge is 0.262 e. The van der Waals surface area contributed by atoms with Crippen LogP contribution in [0.4, 0.5) is 11.4 Å². The lowest BCUT2D eigenvalue weighted by Crippen LogP contribution is -2.20. The van der Waals surface area contributed by atoms with Gasteiger partial charge in [0.25, 0.3) is 5.91 Å². The number of carbonyl (C=O) groups excluding carboxylic acids is 1. The fraction of sp³-hybridized carbons (Fsp3) is 0.167. The Balaban J connectivity index is 1.63. The van der Waals surface area contributed by atoms with E-state index < -0.39 is 0 Å². The fourth-order valence-electron chi connectivity index (χ4n) is 2.27. The lowest BCUT2D eigenvalue weighted by molar-refractivity contribution is -0.118. The average molecular weight is 322 g/mol. The summed E-state index contributed by atoms with van der Waals surface area (Å²) in [6.07, 6.45) is 1.43. The molecule has 0 saturated heterocycles. The molecule has 0 aliphatic rings. The minimum atomic E-state index is -0.240. The summed E-state index contributed by atoms with van der Waals surface area (Å²) < 4.78 is 5.54. The number of hydrogen-bond donors (Lipinski definition) is 1. The molecule has 0 aliphatic carbocycles. The van der Waals surface area contributed by atoms with Crippen LogP contribution in [0.25, 0.3) is 10.9 Å².